The van der Waals surface area contributed by atoms with Crippen molar-refractivity contribution >= 4 is 23.2 Å². The lowest BCUT2D eigenvalue weighted by atomic mass is 9.92. The van der Waals surface area contributed by atoms with Gasteiger partial charge in [-0.3, -0.25) is 9.59 Å². The van der Waals surface area contributed by atoms with Gasteiger partial charge in [-0.1, -0.05) is 45.9 Å². The highest BCUT2D eigenvalue weighted by Gasteiger charge is 2.20. The number of carbonyl (C=O) groups is 2. The van der Waals surface area contributed by atoms with E-state index >= 15 is 0 Å². The average molecular weight is 368 g/mol. The molecular weight excluding hydrogens is 340 g/mol. The fraction of sp³-hybridized carbons (Fsp3) is 0.364. The molecule has 2 aromatic rings. The van der Waals surface area contributed by atoms with Gasteiger partial charge in [-0.25, -0.2) is 0 Å². The summed E-state index contributed by atoms with van der Waals surface area (Å²) in [6.45, 7) is 10.7. The maximum absolute atomic E-state index is 12.5. The highest BCUT2D eigenvalue weighted by molar-refractivity contribution is 6.43. The lowest BCUT2D eigenvalue weighted by Crippen LogP contribution is -2.30. The van der Waals surface area contributed by atoms with Gasteiger partial charge in [0.1, 0.15) is 5.75 Å². The summed E-state index contributed by atoms with van der Waals surface area (Å²) in [7, 11) is 0. The molecule has 2 rings (SSSR count). The third-order valence-corrected chi connectivity index (χ3v) is 4.24. The Bertz CT molecular complexity index is 769. The van der Waals surface area contributed by atoms with Gasteiger partial charge in [-0.05, 0) is 54.2 Å². The highest BCUT2D eigenvalue weighted by Crippen LogP contribution is 2.32. The number of benzene rings is 2. The number of para-hydroxylation sites is 1. The quantitative estimate of drug-likeness (QED) is 0.712. The SMILES string of the molecule is CCOc1ccc(NC(=O)C(=O)Nc2c(C(C)C)cccc2C(C)C)cc1. The number of rotatable bonds is 6. The van der Waals surface area contributed by atoms with Gasteiger partial charge in [0.2, 0.25) is 0 Å². The number of hydrogen-bond donors (Lipinski definition) is 2. The smallest absolute Gasteiger partial charge is 0.314 e. The Kier molecular flexibility index (Phi) is 6.99. The molecular formula is C22H28N2O3. The monoisotopic (exact) mass is 368 g/mol. The van der Waals surface area contributed by atoms with Crippen LogP contribution in [0.25, 0.3) is 0 Å². The van der Waals surface area contributed by atoms with E-state index in [0.717, 1.165) is 16.8 Å². The van der Waals surface area contributed by atoms with Crippen molar-refractivity contribution in [1.29, 1.82) is 0 Å². The first kappa shape index (κ1) is 20.5. The molecule has 0 unspecified atom stereocenters. The molecule has 0 aliphatic rings. The number of anilines is 2. The molecule has 0 saturated heterocycles. The van der Waals surface area contributed by atoms with Gasteiger partial charge in [0.25, 0.3) is 0 Å². The third kappa shape index (κ3) is 5.33. The summed E-state index contributed by atoms with van der Waals surface area (Å²) in [6.07, 6.45) is 0. The molecule has 0 spiro atoms. The second kappa shape index (κ2) is 9.21. The number of carbonyl (C=O) groups excluding carboxylic acids is 2. The second-order valence-corrected chi connectivity index (χ2v) is 6.99. The molecule has 144 valence electrons. The zero-order chi connectivity index (χ0) is 20.0. The summed E-state index contributed by atoms with van der Waals surface area (Å²) >= 11 is 0. The van der Waals surface area contributed by atoms with Crippen molar-refractivity contribution in [3.63, 3.8) is 0 Å². The van der Waals surface area contributed by atoms with E-state index in [1.54, 1.807) is 24.3 Å². The minimum absolute atomic E-state index is 0.230. The molecule has 27 heavy (non-hydrogen) atoms. The zero-order valence-corrected chi connectivity index (χ0v) is 16.6. The third-order valence-electron chi connectivity index (χ3n) is 4.24. The molecule has 2 amide bonds. The largest absolute Gasteiger partial charge is 0.494 e. The van der Waals surface area contributed by atoms with Crippen molar-refractivity contribution in [3.05, 3.63) is 53.6 Å². The molecule has 0 heterocycles. The zero-order valence-electron chi connectivity index (χ0n) is 16.6. The molecule has 0 aliphatic heterocycles. The van der Waals surface area contributed by atoms with Gasteiger partial charge < -0.3 is 15.4 Å². The predicted octanol–water partition coefficient (Wildman–Crippen LogP) is 4.91. The standard InChI is InChI=1S/C22H28N2O3/c1-6-27-17-12-10-16(11-13-17)23-21(25)22(26)24-20-18(14(2)3)8-7-9-19(20)15(4)5/h7-15H,6H2,1-5H3,(H,23,25)(H,24,26). The van der Waals surface area contributed by atoms with Gasteiger partial charge >= 0.3 is 11.8 Å². The first-order valence-corrected chi connectivity index (χ1v) is 9.31. The number of hydrogen-bond acceptors (Lipinski definition) is 3. The van der Waals surface area contributed by atoms with Crippen LogP contribution in [0.5, 0.6) is 5.75 Å². The van der Waals surface area contributed by atoms with Crippen molar-refractivity contribution in [1.82, 2.24) is 0 Å². The minimum Gasteiger partial charge on any atom is -0.494 e. The van der Waals surface area contributed by atoms with E-state index in [9.17, 15) is 9.59 Å². The van der Waals surface area contributed by atoms with Crippen LogP contribution in [0, 0.1) is 0 Å². The van der Waals surface area contributed by atoms with Crippen LogP contribution >= 0.6 is 0 Å². The molecule has 0 saturated carbocycles. The summed E-state index contributed by atoms with van der Waals surface area (Å²) in [5, 5.41) is 5.44. The fourth-order valence-electron chi connectivity index (χ4n) is 2.85. The molecule has 0 atom stereocenters. The van der Waals surface area contributed by atoms with Crippen LogP contribution in [0.4, 0.5) is 11.4 Å². The molecule has 0 radical (unpaired) electrons. The van der Waals surface area contributed by atoms with Crippen LogP contribution in [0.3, 0.4) is 0 Å². The topological polar surface area (TPSA) is 67.4 Å². The average Bonchev–Trinajstić information content (AvgIpc) is 2.63. The van der Waals surface area contributed by atoms with Crippen molar-refractivity contribution in [3.8, 4) is 5.75 Å². The molecule has 0 aliphatic carbocycles. The summed E-state index contributed by atoms with van der Waals surface area (Å²) in [5.41, 5.74) is 3.31. The Hall–Kier alpha value is -2.82. The lowest BCUT2D eigenvalue weighted by Gasteiger charge is -2.20. The Balaban J connectivity index is 2.15. The van der Waals surface area contributed by atoms with Crippen LogP contribution < -0.4 is 15.4 Å². The van der Waals surface area contributed by atoms with Gasteiger partial charge in [-0.15, -0.1) is 0 Å². The number of nitrogens with one attached hydrogen (secondary N) is 2. The molecule has 5 heteroatoms. The van der Waals surface area contributed by atoms with Crippen LogP contribution in [0.2, 0.25) is 0 Å². The first-order chi connectivity index (χ1) is 12.8. The van der Waals surface area contributed by atoms with Gasteiger partial charge in [0.15, 0.2) is 0 Å². The predicted molar refractivity (Wildman–Crippen MR) is 109 cm³/mol. The van der Waals surface area contributed by atoms with Crippen molar-refractivity contribution in [2.75, 3.05) is 17.2 Å². The molecule has 2 N–H and O–H groups in total. The van der Waals surface area contributed by atoms with Gasteiger partial charge in [0, 0.05) is 11.4 Å². The minimum atomic E-state index is -0.701. The van der Waals surface area contributed by atoms with E-state index < -0.39 is 11.8 Å². The number of ether oxygens (including phenoxy) is 1. The van der Waals surface area contributed by atoms with E-state index in [4.69, 9.17) is 4.74 Å². The Morgan fingerprint density at radius 3 is 1.85 bits per heavy atom. The van der Waals surface area contributed by atoms with E-state index in [-0.39, 0.29) is 11.8 Å². The van der Waals surface area contributed by atoms with Gasteiger partial charge in [0.05, 0.1) is 6.61 Å². The van der Waals surface area contributed by atoms with Gasteiger partial charge in [-0.2, -0.15) is 0 Å². The lowest BCUT2D eigenvalue weighted by molar-refractivity contribution is -0.133. The molecule has 5 nitrogen and oxygen atoms in total. The molecule has 2 aromatic carbocycles. The Morgan fingerprint density at radius 1 is 0.852 bits per heavy atom. The second-order valence-electron chi connectivity index (χ2n) is 6.99. The van der Waals surface area contributed by atoms with Crippen molar-refractivity contribution in [2.24, 2.45) is 0 Å². The number of amides is 2. The van der Waals surface area contributed by atoms with E-state index in [0.29, 0.717) is 18.0 Å². The molecule has 0 fully saturated rings. The van der Waals surface area contributed by atoms with Crippen molar-refractivity contribution < 1.29 is 14.3 Å². The summed E-state index contributed by atoms with van der Waals surface area (Å²) in [5.74, 6) is -0.208. The Morgan fingerprint density at radius 2 is 1.37 bits per heavy atom. The molecule has 0 bridgehead atoms. The molecule has 0 aromatic heterocycles. The van der Waals surface area contributed by atoms with E-state index in [1.165, 1.54) is 0 Å². The normalized spacial score (nSPS) is 10.8. The van der Waals surface area contributed by atoms with Crippen LogP contribution in [0.15, 0.2) is 42.5 Å². The first-order valence-electron chi connectivity index (χ1n) is 9.31. The van der Waals surface area contributed by atoms with Crippen LogP contribution in [-0.2, 0) is 9.59 Å². The maximum Gasteiger partial charge on any atom is 0.314 e. The Labute approximate surface area is 161 Å². The van der Waals surface area contributed by atoms with Crippen LogP contribution in [0.1, 0.15) is 57.6 Å². The van der Waals surface area contributed by atoms with E-state index in [1.807, 2.05) is 25.1 Å². The van der Waals surface area contributed by atoms with Crippen molar-refractivity contribution in [2.45, 2.75) is 46.5 Å². The summed E-state index contributed by atoms with van der Waals surface area (Å²) in [4.78, 5) is 24.8. The maximum atomic E-state index is 12.5. The van der Waals surface area contributed by atoms with Crippen LogP contribution in [-0.4, -0.2) is 18.4 Å². The summed E-state index contributed by atoms with van der Waals surface area (Å²) < 4.78 is 5.37. The van der Waals surface area contributed by atoms with E-state index in [2.05, 4.69) is 38.3 Å². The fourth-order valence-corrected chi connectivity index (χ4v) is 2.85. The highest BCUT2D eigenvalue weighted by atomic mass is 16.5. The summed E-state index contributed by atoms with van der Waals surface area (Å²) in [6, 6.07) is 12.9.